The molecule has 1 aromatic carbocycles. The second-order valence-electron chi connectivity index (χ2n) is 5.64. The molecule has 4 nitrogen and oxygen atoms in total. The van der Waals surface area contributed by atoms with Crippen LogP contribution in [0.15, 0.2) is 29.2 Å². The van der Waals surface area contributed by atoms with Gasteiger partial charge in [-0.15, -0.1) is 0 Å². The summed E-state index contributed by atoms with van der Waals surface area (Å²) in [5, 5.41) is 0. The van der Waals surface area contributed by atoms with Gasteiger partial charge in [-0.3, -0.25) is 0 Å². The second-order valence-corrected chi connectivity index (χ2v) is 8.02. The molecule has 2 N–H and O–H groups in total. The van der Waals surface area contributed by atoms with Crippen LogP contribution in [0.4, 0.5) is 0 Å². The van der Waals surface area contributed by atoms with Gasteiger partial charge < -0.3 is 5.73 Å². The van der Waals surface area contributed by atoms with Crippen molar-refractivity contribution in [1.29, 1.82) is 0 Å². The molecule has 0 amide bonds. The van der Waals surface area contributed by atoms with E-state index in [1.807, 2.05) is 0 Å². The summed E-state index contributed by atoms with van der Waals surface area (Å²) in [6, 6.07) is 6.43. The van der Waals surface area contributed by atoms with Crippen molar-refractivity contribution >= 4 is 27.2 Å². The van der Waals surface area contributed by atoms with Gasteiger partial charge in [-0.05, 0) is 24.0 Å². The minimum atomic E-state index is -3.40. The molecule has 1 aliphatic heterocycles. The minimum absolute atomic E-state index is 0.0475. The Morgan fingerprint density at radius 2 is 1.89 bits per heavy atom. The first-order chi connectivity index (χ1) is 8.72. The van der Waals surface area contributed by atoms with Gasteiger partial charge in [0.1, 0.15) is 4.99 Å². The summed E-state index contributed by atoms with van der Waals surface area (Å²) < 4.78 is 26.5. The lowest BCUT2D eigenvalue weighted by molar-refractivity contribution is 0.375. The average molecular weight is 298 g/mol. The molecule has 0 atom stereocenters. The van der Waals surface area contributed by atoms with E-state index in [9.17, 15) is 8.42 Å². The SMILES string of the molecule is CC1(C)CCN(S(=O)(=O)c2ccc(C(N)=S)cc2)C1. The van der Waals surface area contributed by atoms with Crippen LogP contribution >= 0.6 is 12.2 Å². The van der Waals surface area contributed by atoms with Gasteiger partial charge in [0.2, 0.25) is 10.0 Å². The molecular formula is C13H18N2O2S2. The lowest BCUT2D eigenvalue weighted by atomic mass is 9.93. The maximum absolute atomic E-state index is 12.5. The molecule has 1 fully saturated rings. The number of hydrogen-bond donors (Lipinski definition) is 1. The molecule has 2 rings (SSSR count). The van der Waals surface area contributed by atoms with Gasteiger partial charge in [0, 0.05) is 18.7 Å². The first-order valence-electron chi connectivity index (χ1n) is 6.12. The van der Waals surface area contributed by atoms with Crippen molar-refractivity contribution in [2.75, 3.05) is 13.1 Å². The van der Waals surface area contributed by atoms with Crippen molar-refractivity contribution in [3.8, 4) is 0 Å². The van der Waals surface area contributed by atoms with Gasteiger partial charge in [-0.2, -0.15) is 4.31 Å². The summed E-state index contributed by atoms with van der Waals surface area (Å²) in [4.78, 5) is 0.566. The number of sulfonamides is 1. The van der Waals surface area contributed by atoms with Crippen molar-refractivity contribution < 1.29 is 8.42 Å². The van der Waals surface area contributed by atoms with E-state index in [-0.39, 0.29) is 10.4 Å². The topological polar surface area (TPSA) is 63.4 Å². The Hall–Kier alpha value is -0.980. The Labute approximate surface area is 119 Å². The van der Waals surface area contributed by atoms with Crippen molar-refractivity contribution in [3.05, 3.63) is 29.8 Å². The summed E-state index contributed by atoms with van der Waals surface area (Å²) in [5.41, 5.74) is 6.23. The molecule has 104 valence electrons. The molecular weight excluding hydrogens is 280 g/mol. The predicted molar refractivity (Wildman–Crippen MR) is 79.5 cm³/mol. The van der Waals surface area contributed by atoms with Crippen LogP contribution in [0.1, 0.15) is 25.8 Å². The van der Waals surface area contributed by atoms with Crippen molar-refractivity contribution in [3.63, 3.8) is 0 Å². The van der Waals surface area contributed by atoms with Crippen LogP contribution < -0.4 is 5.73 Å². The third kappa shape index (κ3) is 2.96. The average Bonchev–Trinajstić information content (AvgIpc) is 2.70. The molecule has 19 heavy (non-hydrogen) atoms. The molecule has 1 aliphatic rings. The standard InChI is InChI=1S/C13H18N2O2S2/c1-13(2)7-8-15(9-13)19(16,17)11-5-3-10(4-6-11)12(14)18/h3-6H,7-9H2,1-2H3,(H2,14,18). The first kappa shape index (κ1) is 14.4. The summed E-state index contributed by atoms with van der Waals surface area (Å²) in [7, 11) is -3.40. The number of rotatable bonds is 3. The van der Waals surface area contributed by atoms with Crippen LogP contribution in [0.2, 0.25) is 0 Å². The van der Waals surface area contributed by atoms with Crippen LogP contribution in [-0.2, 0) is 10.0 Å². The maximum atomic E-state index is 12.5. The van der Waals surface area contributed by atoms with Gasteiger partial charge in [-0.1, -0.05) is 38.2 Å². The number of benzene rings is 1. The number of thiocarbonyl (C=S) groups is 1. The molecule has 0 radical (unpaired) electrons. The van der Waals surface area contributed by atoms with E-state index in [0.717, 1.165) is 6.42 Å². The summed E-state index contributed by atoms with van der Waals surface area (Å²) >= 11 is 4.85. The lowest BCUT2D eigenvalue weighted by Crippen LogP contribution is -2.30. The van der Waals surface area contributed by atoms with Gasteiger partial charge in [0.25, 0.3) is 0 Å². The van der Waals surface area contributed by atoms with Crippen molar-refractivity contribution in [2.45, 2.75) is 25.2 Å². The van der Waals surface area contributed by atoms with Crippen LogP contribution in [-0.4, -0.2) is 30.8 Å². The molecule has 0 bridgehead atoms. The Morgan fingerprint density at radius 3 is 2.32 bits per heavy atom. The smallest absolute Gasteiger partial charge is 0.243 e. The Kier molecular flexibility index (Phi) is 3.68. The minimum Gasteiger partial charge on any atom is -0.389 e. The molecule has 6 heteroatoms. The molecule has 1 saturated heterocycles. The van der Waals surface area contributed by atoms with Crippen LogP contribution in [0, 0.1) is 5.41 Å². The van der Waals surface area contributed by atoms with E-state index in [0.29, 0.717) is 23.5 Å². The van der Waals surface area contributed by atoms with E-state index in [4.69, 9.17) is 18.0 Å². The van der Waals surface area contributed by atoms with E-state index in [1.54, 1.807) is 28.6 Å². The fraction of sp³-hybridized carbons (Fsp3) is 0.462. The third-order valence-corrected chi connectivity index (χ3v) is 5.51. The molecule has 0 spiro atoms. The van der Waals surface area contributed by atoms with Crippen molar-refractivity contribution in [1.82, 2.24) is 4.31 Å². The normalized spacial score (nSPS) is 19.5. The summed E-state index contributed by atoms with van der Waals surface area (Å²) in [6.45, 7) is 5.30. The van der Waals surface area contributed by atoms with E-state index in [2.05, 4.69) is 13.8 Å². The van der Waals surface area contributed by atoms with E-state index in [1.165, 1.54) is 0 Å². The Bertz CT molecular complexity index is 592. The Morgan fingerprint density at radius 1 is 1.32 bits per heavy atom. The van der Waals surface area contributed by atoms with Gasteiger partial charge in [-0.25, -0.2) is 8.42 Å². The van der Waals surface area contributed by atoms with E-state index >= 15 is 0 Å². The summed E-state index contributed by atoms with van der Waals surface area (Å²) in [5.74, 6) is 0. The van der Waals surface area contributed by atoms with E-state index < -0.39 is 10.0 Å². The molecule has 0 aliphatic carbocycles. The zero-order valence-electron chi connectivity index (χ0n) is 11.1. The van der Waals surface area contributed by atoms with Gasteiger partial charge >= 0.3 is 0 Å². The monoisotopic (exact) mass is 298 g/mol. The predicted octanol–water partition coefficient (Wildman–Crippen LogP) is 1.74. The maximum Gasteiger partial charge on any atom is 0.243 e. The van der Waals surface area contributed by atoms with Crippen LogP contribution in [0.25, 0.3) is 0 Å². The van der Waals surface area contributed by atoms with Gasteiger partial charge in [0.05, 0.1) is 4.90 Å². The summed E-state index contributed by atoms with van der Waals surface area (Å²) in [6.07, 6.45) is 0.886. The van der Waals surface area contributed by atoms with Gasteiger partial charge in [0.15, 0.2) is 0 Å². The zero-order valence-corrected chi connectivity index (χ0v) is 12.7. The van der Waals surface area contributed by atoms with Crippen molar-refractivity contribution in [2.24, 2.45) is 11.1 Å². The fourth-order valence-corrected chi connectivity index (χ4v) is 3.97. The highest BCUT2D eigenvalue weighted by Gasteiger charge is 2.36. The van der Waals surface area contributed by atoms with Crippen LogP contribution in [0.5, 0.6) is 0 Å². The quantitative estimate of drug-likeness (QED) is 0.863. The molecule has 1 heterocycles. The fourth-order valence-electron chi connectivity index (χ4n) is 2.21. The number of nitrogens with two attached hydrogens (primary N) is 1. The number of hydrogen-bond acceptors (Lipinski definition) is 3. The first-order valence-corrected chi connectivity index (χ1v) is 7.97. The highest BCUT2D eigenvalue weighted by Crippen LogP contribution is 2.32. The third-order valence-electron chi connectivity index (χ3n) is 3.42. The molecule has 0 unspecified atom stereocenters. The largest absolute Gasteiger partial charge is 0.389 e. The number of nitrogens with zero attached hydrogens (tertiary/aromatic N) is 1. The molecule has 0 saturated carbocycles. The highest BCUT2D eigenvalue weighted by molar-refractivity contribution is 7.89. The zero-order chi connectivity index (χ0) is 14.3. The second kappa shape index (κ2) is 4.85. The molecule has 1 aromatic rings. The highest BCUT2D eigenvalue weighted by atomic mass is 32.2. The van der Waals surface area contributed by atoms with Crippen LogP contribution in [0.3, 0.4) is 0 Å². The Balaban J connectivity index is 2.28. The lowest BCUT2D eigenvalue weighted by Gasteiger charge is -2.19. The molecule has 0 aromatic heterocycles.